The van der Waals surface area contributed by atoms with Gasteiger partial charge in [0.05, 0.1) is 13.2 Å². The molecule has 1 saturated heterocycles. The van der Waals surface area contributed by atoms with Crippen LogP contribution in [0.2, 0.25) is 0 Å². The highest BCUT2D eigenvalue weighted by atomic mass is 16.6. The third-order valence-corrected chi connectivity index (χ3v) is 4.08. The molecule has 2 atom stereocenters. The maximum atomic E-state index is 12.7. The van der Waals surface area contributed by atoms with Gasteiger partial charge in [0.15, 0.2) is 12.2 Å². The van der Waals surface area contributed by atoms with Gasteiger partial charge in [0, 0.05) is 11.6 Å². The van der Waals surface area contributed by atoms with Crippen LogP contribution >= 0.6 is 0 Å². The second-order valence-corrected chi connectivity index (χ2v) is 7.45. The molecule has 2 aliphatic rings. The Morgan fingerprint density at radius 2 is 2.12 bits per heavy atom. The van der Waals surface area contributed by atoms with Crippen LogP contribution in [-0.4, -0.2) is 52.9 Å². The predicted molar refractivity (Wildman–Crippen MR) is 90.2 cm³/mol. The zero-order chi connectivity index (χ0) is 18.2. The van der Waals surface area contributed by atoms with Crippen molar-refractivity contribution < 1.29 is 24.2 Å². The second-order valence-electron chi connectivity index (χ2n) is 7.45. The normalized spacial score (nSPS) is 22.6. The molecule has 3 rings (SSSR count). The standard InChI is InChI=1S/C18H24N2O5/c1-18(2,3)25-17(23)14(21)15-16(22)20(9-10-24-15)13-6-4-5-12(19-13)11-7-8-11/h4-6,11,14-15,21H,7-10H2,1-3H3/t14-,15-/m1/s1. The van der Waals surface area contributed by atoms with Crippen molar-refractivity contribution in [3.8, 4) is 0 Å². The molecular weight excluding hydrogens is 324 g/mol. The number of aliphatic hydroxyl groups excluding tert-OH is 1. The Morgan fingerprint density at radius 1 is 1.40 bits per heavy atom. The zero-order valence-electron chi connectivity index (χ0n) is 14.8. The highest BCUT2D eigenvalue weighted by molar-refractivity contribution is 5.99. The Bertz CT molecular complexity index is 666. The van der Waals surface area contributed by atoms with Crippen molar-refractivity contribution in [2.24, 2.45) is 0 Å². The van der Waals surface area contributed by atoms with Crippen LogP contribution in [0.4, 0.5) is 5.82 Å². The molecule has 0 aromatic carbocycles. The van der Waals surface area contributed by atoms with E-state index in [4.69, 9.17) is 9.47 Å². The van der Waals surface area contributed by atoms with E-state index in [0.29, 0.717) is 18.3 Å². The number of amides is 1. The first-order chi connectivity index (χ1) is 11.8. The number of carbonyl (C=O) groups is 2. The highest BCUT2D eigenvalue weighted by Crippen LogP contribution is 2.39. The Labute approximate surface area is 146 Å². The fraction of sp³-hybridized carbons (Fsp3) is 0.611. The minimum Gasteiger partial charge on any atom is -0.458 e. The molecule has 1 N–H and O–H groups in total. The largest absolute Gasteiger partial charge is 0.458 e. The monoisotopic (exact) mass is 348 g/mol. The summed E-state index contributed by atoms with van der Waals surface area (Å²) in [5.41, 5.74) is 0.219. The predicted octanol–water partition coefficient (Wildman–Crippen LogP) is 1.39. The minimum absolute atomic E-state index is 0.214. The summed E-state index contributed by atoms with van der Waals surface area (Å²) >= 11 is 0. The number of esters is 1. The molecule has 2 fully saturated rings. The molecule has 0 radical (unpaired) electrons. The van der Waals surface area contributed by atoms with Crippen molar-refractivity contribution in [2.75, 3.05) is 18.1 Å². The quantitative estimate of drug-likeness (QED) is 0.827. The van der Waals surface area contributed by atoms with Gasteiger partial charge in [0.2, 0.25) is 0 Å². The molecule has 0 spiro atoms. The summed E-state index contributed by atoms with van der Waals surface area (Å²) in [6.45, 7) is 5.63. The first kappa shape index (κ1) is 17.8. The maximum absolute atomic E-state index is 12.7. The summed E-state index contributed by atoms with van der Waals surface area (Å²) < 4.78 is 10.5. The molecule has 1 saturated carbocycles. The first-order valence-electron chi connectivity index (χ1n) is 8.57. The van der Waals surface area contributed by atoms with Crippen LogP contribution in [0, 0.1) is 0 Å². The van der Waals surface area contributed by atoms with E-state index in [-0.39, 0.29) is 6.61 Å². The number of carbonyl (C=O) groups excluding carboxylic acids is 2. The summed E-state index contributed by atoms with van der Waals surface area (Å²) in [5.74, 6) is -0.351. The van der Waals surface area contributed by atoms with E-state index >= 15 is 0 Å². The lowest BCUT2D eigenvalue weighted by atomic mass is 10.1. The van der Waals surface area contributed by atoms with Crippen molar-refractivity contribution in [3.63, 3.8) is 0 Å². The van der Waals surface area contributed by atoms with Crippen molar-refractivity contribution >= 4 is 17.7 Å². The fourth-order valence-electron chi connectivity index (χ4n) is 2.74. The lowest BCUT2D eigenvalue weighted by Gasteiger charge is -2.34. The van der Waals surface area contributed by atoms with E-state index in [1.165, 1.54) is 4.90 Å². The van der Waals surface area contributed by atoms with E-state index in [9.17, 15) is 14.7 Å². The van der Waals surface area contributed by atoms with Gasteiger partial charge in [-0.1, -0.05) is 6.07 Å². The molecule has 1 aliphatic carbocycles. The average molecular weight is 348 g/mol. The van der Waals surface area contributed by atoms with E-state index in [2.05, 4.69) is 4.98 Å². The van der Waals surface area contributed by atoms with Gasteiger partial charge < -0.3 is 14.6 Å². The Balaban J connectivity index is 1.74. The van der Waals surface area contributed by atoms with Crippen LogP contribution in [0.3, 0.4) is 0 Å². The number of morpholine rings is 1. The van der Waals surface area contributed by atoms with Gasteiger partial charge in [-0.15, -0.1) is 0 Å². The molecule has 136 valence electrons. The number of ether oxygens (including phenoxy) is 2. The topological polar surface area (TPSA) is 89.0 Å². The van der Waals surface area contributed by atoms with Gasteiger partial charge in [-0.25, -0.2) is 9.78 Å². The Hall–Kier alpha value is -1.99. The zero-order valence-corrected chi connectivity index (χ0v) is 14.8. The number of hydrogen-bond acceptors (Lipinski definition) is 6. The van der Waals surface area contributed by atoms with Crippen molar-refractivity contribution in [1.29, 1.82) is 0 Å². The fourth-order valence-corrected chi connectivity index (χ4v) is 2.74. The Morgan fingerprint density at radius 3 is 2.76 bits per heavy atom. The average Bonchev–Trinajstić information content (AvgIpc) is 3.38. The molecule has 0 unspecified atom stereocenters. The highest BCUT2D eigenvalue weighted by Gasteiger charge is 2.41. The summed E-state index contributed by atoms with van der Waals surface area (Å²) in [6, 6.07) is 5.59. The van der Waals surface area contributed by atoms with Crippen LogP contribution < -0.4 is 4.90 Å². The van der Waals surface area contributed by atoms with Crippen LogP contribution in [0.25, 0.3) is 0 Å². The number of rotatable bonds is 4. The SMILES string of the molecule is CC(C)(C)OC(=O)[C@H](O)[C@H]1OCCN(c2cccc(C3CC3)n2)C1=O. The van der Waals surface area contributed by atoms with Crippen LogP contribution in [-0.2, 0) is 19.1 Å². The minimum atomic E-state index is -1.67. The lowest BCUT2D eigenvalue weighted by Crippen LogP contribution is -2.55. The van der Waals surface area contributed by atoms with Crippen molar-refractivity contribution in [1.82, 2.24) is 4.98 Å². The van der Waals surface area contributed by atoms with Crippen molar-refractivity contribution in [2.45, 2.75) is 57.3 Å². The third-order valence-electron chi connectivity index (χ3n) is 4.08. The maximum Gasteiger partial charge on any atom is 0.338 e. The third kappa shape index (κ3) is 4.16. The molecule has 1 aliphatic heterocycles. The lowest BCUT2D eigenvalue weighted by molar-refractivity contribution is -0.177. The number of anilines is 1. The Kier molecular flexibility index (Phi) is 4.79. The number of aliphatic hydroxyl groups is 1. The summed E-state index contributed by atoms with van der Waals surface area (Å²) in [7, 11) is 0. The van der Waals surface area contributed by atoms with Gasteiger partial charge in [0.1, 0.15) is 11.4 Å². The van der Waals surface area contributed by atoms with Crippen LogP contribution in [0.1, 0.15) is 45.2 Å². The molecule has 7 heteroatoms. The molecular formula is C18H24N2O5. The molecule has 25 heavy (non-hydrogen) atoms. The van der Waals surface area contributed by atoms with Gasteiger partial charge in [-0.2, -0.15) is 0 Å². The molecule has 1 aromatic heterocycles. The number of hydrogen-bond donors (Lipinski definition) is 1. The number of aromatic nitrogens is 1. The van der Waals surface area contributed by atoms with Crippen LogP contribution in [0.5, 0.6) is 0 Å². The first-order valence-corrected chi connectivity index (χ1v) is 8.57. The molecule has 0 bridgehead atoms. The molecule has 7 nitrogen and oxygen atoms in total. The molecule has 1 aromatic rings. The summed E-state index contributed by atoms with van der Waals surface area (Å²) in [6.07, 6.45) is -0.711. The molecule has 2 heterocycles. The van der Waals surface area contributed by atoms with Gasteiger partial charge in [0.25, 0.3) is 5.91 Å². The van der Waals surface area contributed by atoms with Gasteiger partial charge in [-0.3, -0.25) is 9.69 Å². The molecule has 1 amide bonds. The van der Waals surface area contributed by atoms with E-state index in [1.54, 1.807) is 26.8 Å². The van der Waals surface area contributed by atoms with E-state index in [1.807, 2.05) is 12.1 Å². The van der Waals surface area contributed by atoms with Gasteiger partial charge >= 0.3 is 5.97 Å². The van der Waals surface area contributed by atoms with Crippen molar-refractivity contribution in [3.05, 3.63) is 23.9 Å². The second kappa shape index (κ2) is 6.72. The smallest absolute Gasteiger partial charge is 0.338 e. The number of pyridine rings is 1. The van der Waals surface area contributed by atoms with E-state index in [0.717, 1.165) is 18.5 Å². The summed E-state index contributed by atoms with van der Waals surface area (Å²) in [5, 5.41) is 10.2. The summed E-state index contributed by atoms with van der Waals surface area (Å²) in [4.78, 5) is 30.8. The van der Waals surface area contributed by atoms with Gasteiger partial charge in [-0.05, 0) is 45.7 Å². The van der Waals surface area contributed by atoms with Crippen LogP contribution in [0.15, 0.2) is 18.2 Å². The van der Waals surface area contributed by atoms with E-state index < -0.39 is 29.7 Å². The number of nitrogens with zero attached hydrogens (tertiary/aromatic N) is 2.